The first-order chi connectivity index (χ1) is 10.7. The highest BCUT2D eigenvalue weighted by molar-refractivity contribution is 5.78. The smallest absolute Gasteiger partial charge is 0.227 e. The van der Waals surface area contributed by atoms with Crippen LogP contribution in [0.15, 0.2) is 24.3 Å². The predicted molar refractivity (Wildman–Crippen MR) is 92.0 cm³/mol. The highest BCUT2D eigenvalue weighted by atomic mass is 16.2. The summed E-state index contributed by atoms with van der Waals surface area (Å²) in [5.74, 6) is 0.273. The second-order valence-electron chi connectivity index (χ2n) is 6.45. The average molecular weight is 302 g/mol. The maximum absolute atomic E-state index is 12.4. The lowest BCUT2D eigenvalue weighted by Crippen LogP contribution is -2.49. The van der Waals surface area contributed by atoms with Crippen LogP contribution in [-0.4, -0.2) is 48.4 Å². The first kappa shape index (κ1) is 17.0. The normalized spacial score (nSPS) is 16.0. The molecule has 0 bridgehead atoms. The van der Waals surface area contributed by atoms with Crippen LogP contribution in [0.4, 0.5) is 0 Å². The van der Waals surface area contributed by atoms with Crippen molar-refractivity contribution in [2.24, 2.45) is 0 Å². The van der Waals surface area contributed by atoms with Crippen molar-refractivity contribution in [3.63, 3.8) is 0 Å². The summed E-state index contributed by atoms with van der Waals surface area (Å²) in [6.07, 6.45) is 5.81. The Morgan fingerprint density at radius 2 is 1.68 bits per heavy atom. The Kier molecular flexibility index (Phi) is 6.91. The van der Waals surface area contributed by atoms with Crippen molar-refractivity contribution in [1.82, 2.24) is 9.80 Å². The molecule has 0 spiro atoms. The maximum atomic E-state index is 12.4. The summed E-state index contributed by atoms with van der Waals surface area (Å²) in [6.45, 7) is 9.36. The van der Waals surface area contributed by atoms with Gasteiger partial charge in [-0.25, -0.2) is 0 Å². The van der Waals surface area contributed by atoms with Gasteiger partial charge in [0, 0.05) is 26.2 Å². The van der Waals surface area contributed by atoms with Crippen LogP contribution in [0.1, 0.15) is 43.7 Å². The van der Waals surface area contributed by atoms with Crippen LogP contribution < -0.4 is 0 Å². The van der Waals surface area contributed by atoms with Crippen LogP contribution in [0.5, 0.6) is 0 Å². The molecule has 1 aliphatic rings. The number of aryl methyl sites for hydroxylation is 1. The lowest BCUT2D eigenvalue weighted by Gasteiger charge is -2.34. The molecular weight excluding hydrogens is 272 g/mol. The number of unbranched alkanes of at least 4 members (excludes halogenated alkanes) is 3. The first-order valence-electron chi connectivity index (χ1n) is 8.74. The minimum absolute atomic E-state index is 0.273. The van der Waals surface area contributed by atoms with Gasteiger partial charge in [0.05, 0.1) is 6.42 Å². The molecule has 0 unspecified atom stereocenters. The van der Waals surface area contributed by atoms with E-state index >= 15 is 0 Å². The summed E-state index contributed by atoms with van der Waals surface area (Å²) in [5, 5.41) is 0. The monoisotopic (exact) mass is 302 g/mol. The van der Waals surface area contributed by atoms with E-state index in [1.165, 1.54) is 37.8 Å². The van der Waals surface area contributed by atoms with E-state index in [1.807, 2.05) is 4.90 Å². The van der Waals surface area contributed by atoms with Gasteiger partial charge in [-0.1, -0.05) is 56.0 Å². The molecule has 0 saturated carbocycles. The average Bonchev–Trinajstić information content (AvgIpc) is 2.54. The van der Waals surface area contributed by atoms with Gasteiger partial charge in [-0.3, -0.25) is 9.69 Å². The van der Waals surface area contributed by atoms with Crippen LogP contribution >= 0.6 is 0 Å². The van der Waals surface area contributed by atoms with Crippen molar-refractivity contribution < 1.29 is 4.79 Å². The summed E-state index contributed by atoms with van der Waals surface area (Å²) >= 11 is 0. The number of rotatable bonds is 7. The van der Waals surface area contributed by atoms with E-state index < -0.39 is 0 Å². The topological polar surface area (TPSA) is 23.6 Å². The SMILES string of the molecule is CCCCCCN1CCN(C(=O)Cc2ccc(C)cc2)CC1. The van der Waals surface area contributed by atoms with Gasteiger partial charge in [-0.2, -0.15) is 0 Å². The number of nitrogens with zero attached hydrogens (tertiary/aromatic N) is 2. The first-order valence-corrected chi connectivity index (χ1v) is 8.74. The van der Waals surface area contributed by atoms with Crippen LogP contribution in [0.3, 0.4) is 0 Å². The van der Waals surface area contributed by atoms with Gasteiger partial charge in [0.1, 0.15) is 0 Å². The Bertz CT molecular complexity index is 447. The largest absolute Gasteiger partial charge is 0.340 e. The third kappa shape index (κ3) is 5.45. The molecule has 1 heterocycles. The van der Waals surface area contributed by atoms with Crippen molar-refractivity contribution in [2.75, 3.05) is 32.7 Å². The fourth-order valence-corrected chi connectivity index (χ4v) is 2.98. The number of amides is 1. The van der Waals surface area contributed by atoms with E-state index in [1.54, 1.807) is 0 Å². The maximum Gasteiger partial charge on any atom is 0.227 e. The van der Waals surface area contributed by atoms with Crippen LogP contribution in [-0.2, 0) is 11.2 Å². The number of benzene rings is 1. The molecule has 0 radical (unpaired) electrons. The number of hydrogen-bond donors (Lipinski definition) is 0. The Labute approximate surface area is 135 Å². The molecular formula is C19H30N2O. The van der Waals surface area contributed by atoms with Gasteiger partial charge in [-0.05, 0) is 25.5 Å². The van der Waals surface area contributed by atoms with Crippen LogP contribution in [0.25, 0.3) is 0 Å². The second-order valence-corrected chi connectivity index (χ2v) is 6.45. The van der Waals surface area contributed by atoms with Gasteiger partial charge < -0.3 is 4.90 Å². The molecule has 0 N–H and O–H groups in total. The Hall–Kier alpha value is -1.35. The van der Waals surface area contributed by atoms with Gasteiger partial charge in [0.25, 0.3) is 0 Å². The van der Waals surface area contributed by atoms with Crippen molar-refractivity contribution in [3.8, 4) is 0 Å². The van der Waals surface area contributed by atoms with E-state index in [2.05, 4.69) is 43.0 Å². The standard InChI is InChI=1S/C19H30N2O/c1-3-4-5-6-11-20-12-14-21(15-13-20)19(22)16-18-9-7-17(2)8-10-18/h7-10H,3-6,11-16H2,1-2H3. The molecule has 0 aliphatic carbocycles. The molecule has 3 nitrogen and oxygen atoms in total. The molecule has 1 amide bonds. The third-order valence-electron chi connectivity index (χ3n) is 4.53. The highest BCUT2D eigenvalue weighted by Crippen LogP contribution is 2.09. The third-order valence-corrected chi connectivity index (χ3v) is 4.53. The van der Waals surface area contributed by atoms with Crippen molar-refractivity contribution in [2.45, 2.75) is 46.0 Å². The van der Waals surface area contributed by atoms with Gasteiger partial charge in [-0.15, -0.1) is 0 Å². The van der Waals surface area contributed by atoms with Crippen molar-refractivity contribution in [3.05, 3.63) is 35.4 Å². The zero-order valence-electron chi connectivity index (χ0n) is 14.2. The summed E-state index contributed by atoms with van der Waals surface area (Å²) < 4.78 is 0. The lowest BCUT2D eigenvalue weighted by molar-refractivity contribution is -0.132. The Morgan fingerprint density at radius 3 is 2.32 bits per heavy atom. The summed E-state index contributed by atoms with van der Waals surface area (Å²) in [7, 11) is 0. The van der Waals surface area contributed by atoms with E-state index in [0.29, 0.717) is 6.42 Å². The Morgan fingerprint density at radius 1 is 1.00 bits per heavy atom. The molecule has 22 heavy (non-hydrogen) atoms. The molecule has 1 saturated heterocycles. The summed E-state index contributed by atoms with van der Waals surface area (Å²) in [4.78, 5) is 16.9. The van der Waals surface area contributed by atoms with E-state index in [0.717, 1.165) is 31.7 Å². The van der Waals surface area contributed by atoms with Crippen LogP contribution in [0, 0.1) is 6.92 Å². The molecule has 122 valence electrons. The number of piperazine rings is 1. The number of carbonyl (C=O) groups excluding carboxylic acids is 1. The number of carbonyl (C=O) groups is 1. The number of hydrogen-bond acceptors (Lipinski definition) is 2. The van der Waals surface area contributed by atoms with Gasteiger partial charge >= 0.3 is 0 Å². The molecule has 1 aromatic carbocycles. The molecule has 3 heteroatoms. The van der Waals surface area contributed by atoms with E-state index in [9.17, 15) is 4.79 Å². The quantitative estimate of drug-likeness (QED) is 0.722. The summed E-state index contributed by atoms with van der Waals surface area (Å²) in [6, 6.07) is 8.29. The fourth-order valence-electron chi connectivity index (χ4n) is 2.98. The molecule has 0 aromatic heterocycles. The van der Waals surface area contributed by atoms with Gasteiger partial charge in [0.2, 0.25) is 5.91 Å². The minimum atomic E-state index is 0.273. The minimum Gasteiger partial charge on any atom is -0.340 e. The summed E-state index contributed by atoms with van der Waals surface area (Å²) in [5.41, 5.74) is 2.37. The molecule has 2 rings (SSSR count). The zero-order chi connectivity index (χ0) is 15.8. The second kappa shape index (κ2) is 8.94. The molecule has 1 aromatic rings. The zero-order valence-corrected chi connectivity index (χ0v) is 14.2. The van der Waals surface area contributed by atoms with E-state index in [-0.39, 0.29) is 5.91 Å². The molecule has 1 fully saturated rings. The highest BCUT2D eigenvalue weighted by Gasteiger charge is 2.20. The molecule has 1 aliphatic heterocycles. The van der Waals surface area contributed by atoms with Crippen molar-refractivity contribution >= 4 is 5.91 Å². The van der Waals surface area contributed by atoms with Gasteiger partial charge in [0.15, 0.2) is 0 Å². The van der Waals surface area contributed by atoms with E-state index in [4.69, 9.17) is 0 Å². The van der Waals surface area contributed by atoms with Crippen molar-refractivity contribution in [1.29, 1.82) is 0 Å². The predicted octanol–water partition coefficient (Wildman–Crippen LogP) is 3.26. The molecule has 0 atom stereocenters. The lowest BCUT2D eigenvalue weighted by atomic mass is 10.1. The van der Waals surface area contributed by atoms with Crippen LogP contribution in [0.2, 0.25) is 0 Å². The Balaban J connectivity index is 1.69. The fraction of sp³-hybridized carbons (Fsp3) is 0.632.